The van der Waals surface area contributed by atoms with Crippen LogP contribution in [0.3, 0.4) is 0 Å². The van der Waals surface area contributed by atoms with Gasteiger partial charge in [-0.3, -0.25) is 4.99 Å². The molecule has 0 unspecified atom stereocenters. The van der Waals surface area contributed by atoms with Crippen LogP contribution in [0.1, 0.15) is 27.2 Å². The van der Waals surface area contributed by atoms with E-state index in [2.05, 4.69) is 10.3 Å². The first-order chi connectivity index (χ1) is 8.25. The van der Waals surface area contributed by atoms with Gasteiger partial charge in [-0.25, -0.2) is 0 Å². The summed E-state index contributed by atoms with van der Waals surface area (Å²) < 4.78 is 0. The molecule has 9 heteroatoms. The zero-order chi connectivity index (χ0) is 14.6. The van der Waals surface area contributed by atoms with Crippen LogP contribution in [0.15, 0.2) is 4.99 Å². The number of rotatable bonds is 7. The molecule has 0 aromatic heterocycles. The largest absolute Gasteiger partial charge is 2.00 e. The summed E-state index contributed by atoms with van der Waals surface area (Å²) in [5.41, 5.74) is 0.756. The molecule has 0 rings (SSSR count). The standard InChI is InChI=1S/C10H20N2O2.Cu.HNO3/c1-9(11-4-6-13)8-10(2,3)12-5-7-14;;2-1(3)4/h13H,4-8H2,1-3H3;;(H,2,3,4)/q-2;+2;. The van der Waals surface area contributed by atoms with Crippen molar-refractivity contribution in [1.82, 2.24) is 0 Å². The molecule has 0 saturated heterocycles. The molecule has 0 amide bonds. The Kier molecular flexibility index (Phi) is 16.8. The van der Waals surface area contributed by atoms with Gasteiger partial charge in [0.05, 0.1) is 13.2 Å². The van der Waals surface area contributed by atoms with Gasteiger partial charge in [-0.2, -0.15) is 13.2 Å². The molecule has 0 heterocycles. The van der Waals surface area contributed by atoms with Crippen molar-refractivity contribution in [3.05, 3.63) is 15.4 Å². The molecule has 1 radical (unpaired) electrons. The summed E-state index contributed by atoms with van der Waals surface area (Å²) in [5.74, 6) is 0. The molecular weight excluding hydrogens is 306 g/mol. The Bertz CT molecular complexity index is 258. The van der Waals surface area contributed by atoms with Crippen molar-refractivity contribution in [2.45, 2.75) is 32.7 Å². The summed E-state index contributed by atoms with van der Waals surface area (Å²) in [6, 6.07) is 0. The number of nitrogens with zero attached hydrogens (tertiary/aromatic N) is 3. The zero-order valence-corrected chi connectivity index (χ0v) is 12.2. The Morgan fingerprint density at radius 3 is 2.32 bits per heavy atom. The molecule has 0 aromatic rings. The van der Waals surface area contributed by atoms with Crippen LogP contribution in [0.2, 0.25) is 0 Å². The van der Waals surface area contributed by atoms with Crippen LogP contribution in [-0.2, 0) is 17.1 Å². The van der Waals surface area contributed by atoms with Gasteiger partial charge in [0.15, 0.2) is 0 Å². The minimum atomic E-state index is -1.50. The monoisotopic (exact) mass is 326 g/mol. The maximum atomic E-state index is 10.3. The van der Waals surface area contributed by atoms with E-state index < -0.39 is 5.09 Å². The Hall–Kier alpha value is -0.731. The molecule has 0 bridgehead atoms. The Morgan fingerprint density at radius 2 is 1.95 bits per heavy atom. The molecular formula is C10H21CuN3O5. The molecule has 19 heavy (non-hydrogen) atoms. The number of hydrogen-bond donors (Lipinski definition) is 2. The minimum Gasteiger partial charge on any atom is -0.856 e. The molecule has 0 fully saturated rings. The summed E-state index contributed by atoms with van der Waals surface area (Å²) >= 11 is 0. The molecule has 117 valence electrons. The summed E-state index contributed by atoms with van der Waals surface area (Å²) in [7, 11) is 0. The third-order valence-corrected chi connectivity index (χ3v) is 1.80. The topological polar surface area (TPSA) is 133 Å². The number of aliphatic hydroxyl groups excluding tert-OH is 1. The van der Waals surface area contributed by atoms with Gasteiger partial charge in [0.2, 0.25) is 0 Å². The summed E-state index contributed by atoms with van der Waals surface area (Å²) in [6.07, 6.45) is 0.743. The van der Waals surface area contributed by atoms with E-state index in [1.165, 1.54) is 0 Å². The van der Waals surface area contributed by atoms with Crippen LogP contribution >= 0.6 is 0 Å². The van der Waals surface area contributed by atoms with Gasteiger partial charge in [0.1, 0.15) is 0 Å². The minimum absolute atomic E-state index is 0. The summed E-state index contributed by atoms with van der Waals surface area (Å²) in [4.78, 5) is 12.5. The molecule has 0 aliphatic heterocycles. The number of aliphatic hydroxyl groups is 1. The van der Waals surface area contributed by atoms with Gasteiger partial charge in [-0.05, 0) is 13.3 Å². The fourth-order valence-corrected chi connectivity index (χ4v) is 1.33. The van der Waals surface area contributed by atoms with Crippen molar-refractivity contribution < 1.29 is 37.6 Å². The molecule has 0 aliphatic rings. The maximum Gasteiger partial charge on any atom is 2.00 e. The Morgan fingerprint density at radius 1 is 1.47 bits per heavy atom. The Labute approximate surface area is 123 Å². The normalized spacial score (nSPS) is 11.1. The van der Waals surface area contributed by atoms with Crippen molar-refractivity contribution in [3.8, 4) is 0 Å². The molecule has 0 aliphatic carbocycles. The van der Waals surface area contributed by atoms with Crippen LogP contribution in [-0.4, -0.2) is 53.0 Å². The van der Waals surface area contributed by atoms with Crippen LogP contribution in [0.25, 0.3) is 5.32 Å². The third-order valence-electron chi connectivity index (χ3n) is 1.80. The zero-order valence-electron chi connectivity index (χ0n) is 11.3. The smallest absolute Gasteiger partial charge is 0.856 e. The van der Waals surface area contributed by atoms with E-state index in [4.69, 9.17) is 20.4 Å². The van der Waals surface area contributed by atoms with Gasteiger partial charge in [-0.15, -0.1) is 15.7 Å². The molecule has 0 atom stereocenters. The molecule has 2 N–H and O–H groups in total. The van der Waals surface area contributed by atoms with E-state index >= 15 is 0 Å². The van der Waals surface area contributed by atoms with Crippen molar-refractivity contribution in [2.24, 2.45) is 4.99 Å². The van der Waals surface area contributed by atoms with Crippen molar-refractivity contribution >= 4 is 5.71 Å². The first-order valence-corrected chi connectivity index (χ1v) is 5.46. The number of hydrogen-bond acceptors (Lipinski definition) is 5. The molecule has 0 spiro atoms. The second-order valence-corrected chi connectivity index (χ2v) is 4.15. The van der Waals surface area contributed by atoms with Gasteiger partial charge in [0.25, 0.3) is 5.09 Å². The van der Waals surface area contributed by atoms with E-state index in [9.17, 15) is 5.11 Å². The molecule has 8 nitrogen and oxygen atoms in total. The van der Waals surface area contributed by atoms with E-state index in [0.29, 0.717) is 13.1 Å². The summed E-state index contributed by atoms with van der Waals surface area (Å²) in [6.45, 7) is 6.63. The average Bonchev–Trinajstić information content (AvgIpc) is 2.22. The predicted octanol–water partition coefficient (Wildman–Crippen LogP) is -0.00790. The number of aliphatic imine (C=N–C) groups is 1. The van der Waals surface area contributed by atoms with E-state index in [1.54, 1.807) is 0 Å². The second-order valence-electron chi connectivity index (χ2n) is 4.15. The Balaban J connectivity index is -0.000000448. The van der Waals surface area contributed by atoms with E-state index in [1.807, 2.05) is 20.8 Å². The third kappa shape index (κ3) is 22.9. The quantitative estimate of drug-likeness (QED) is 0.294. The van der Waals surface area contributed by atoms with Crippen molar-refractivity contribution in [2.75, 3.05) is 26.3 Å². The predicted molar refractivity (Wildman–Crippen MR) is 65.6 cm³/mol. The van der Waals surface area contributed by atoms with Crippen LogP contribution in [0, 0.1) is 10.1 Å². The second kappa shape index (κ2) is 13.7. The van der Waals surface area contributed by atoms with Crippen LogP contribution in [0.4, 0.5) is 0 Å². The van der Waals surface area contributed by atoms with E-state index in [-0.39, 0.29) is 35.8 Å². The van der Waals surface area contributed by atoms with Crippen molar-refractivity contribution in [3.63, 3.8) is 0 Å². The van der Waals surface area contributed by atoms with Gasteiger partial charge in [0, 0.05) is 5.71 Å². The fourth-order valence-electron chi connectivity index (χ4n) is 1.33. The average molecular weight is 327 g/mol. The maximum absolute atomic E-state index is 10.3. The fraction of sp³-hybridized carbons (Fsp3) is 0.900. The van der Waals surface area contributed by atoms with Gasteiger partial charge >= 0.3 is 17.1 Å². The van der Waals surface area contributed by atoms with Crippen molar-refractivity contribution in [1.29, 1.82) is 0 Å². The first-order valence-electron chi connectivity index (χ1n) is 5.46. The molecule has 0 saturated carbocycles. The SMILES string of the molecule is CC(CC(C)(C)[N-]CC[O-])=NCCO.O=[N+]([O-])O.[Cu+2]. The first kappa shape index (κ1) is 23.4. The van der Waals surface area contributed by atoms with Gasteiger partial charge in [-0.1, -0.05) is 13.8 Å². The van der Waals surface area contributed by atoms with Crippen LogP contribution in [0.5, 0.6) is 0 Å². The van der Waals surface area contributed by atoms with Crippen LogP contribution < -0.4 is 5.11 Å². The van der Waals surface area contributed by atoms with E-state index in [0.717, 1.165) is 12.1 Å². The van der Waals surface area contributed by atoms with Gasteiger partial charge < -0.3 is 20.7 Å². The summed E-state index contributed by atoms with van der Waals surface area (Å²) in [5, 5.41) is 36.8. The molecule has 0 aromatic carbocycles.